The molecule has 3 amide bonds. The van der Waals surface area contributed by atoms with E-state index in [-0.39, 0.29) is 12.2 Å². The summed E-state index contributed by atoms with van der Waals surface area (Å²) in [5.74, 6) is -0.965. The number of rotatable bonds is 4. The second kappa shape index (κ2) is 7.67. The third kappa shape index (κ3) is 3.84. The third-order valence-corrected chi connectivity index (χ3v) is 5.63. The molecule has 166 valence electrons. The zero-order chi connectivity index (χ0) is 23.3. The van der Waals surface area contributed by atoms with Gasteiger partial charge in [-0.2, -0.15) is 0 Å². The molecule has 2 aromatic carbocycles. The van der Waals surface area contributed by atoms with Gasteiger partial charge in [-0.3, -0.25) is 9.78 Å². The molecular formula is C22H17ClF3N3O3. The molecule has 0 N–H and O–H groups in total. The van der Waals surface area contributed by atoms with Gasteiger partial charge >= 0.3 is 12.4 Å². The third-order valence-electron chi connectivity index (χ3n) is 5.30. The van der Waals surface area contributed by atoms with Gasteiger partial charge in [-0.1, -0.05) is 29.8 Å². The summed E-state index contributed by atoms with van der Waals surface area (Å²) >= 11 is 6.38. The van der Waals surface area contributed by atoms with Crippen molar-refractivity contribution in [1.82, 2.24) is 9.88 Å². The molecule has 1 aliphatic heterocycles. The molecule has 2 heterocycles. The molecular weight excluding hydrogens is 447 g/mol. The summed E-state index contributed by atoms with van der Waals surface area (Å²) in [6.45, 7) is 3.25. The first-order valence-corrected chi connectivity index (χ1v) is 9.91. The maximum absolute atomic E-state index is 13.3. The molecule has 0 aliphatic carbocycles. The number of hydrogen-bond acceptors (Lipinski definition) is 4. The minimum atomic E-state index is -4.84. The Labute approximate surface area is 186 Å². The summed E-state index contributed by atoms with van der Waals surface area (Å²) in [6, 6.07) is 11.2. The number of carbonyl (C=O) groups excluding carboxylic acids is 2. The van der Waals surface area contributed by atoms with Crippen LogP contribution >= 0.6 is 11.6 Å². The lowest BCUT2D eigenvalue weighted by Crippen LogP contribution is -2.43. The number of amides is 3. The Bertz CT molecular complexity index is 1210. The van der Waals surface area contributed by atoms with E-state index < -0.39 is 29.6 Å². The number of nitrogens with zero attached hydrogens (tertiary/aromatic N) is 3. The van der Waals surface area contributed by atoms with Crippen LogP contribution in [-0.4, -0.2) is 33.7 Å². The molecule has 0 unspecified atom stereocenters. The predicted octanol–water partition coefficient (Wildman–Crippen LogP) is 5.53. The number of fused-ring (bicyclic) bond motifs is 1. The Morgan fingerprint density at radius 2 is 1.72 bits per heavy atom. The number of aromatic nitrogens is 1. The van der Waals surface area contributed by atoms with Crippen LogP contribution in [0.3, 0.4) is 0 Å². The average molecular weight is 464 g/mol. The highest BCUT2D eigenvalue weighted by molar-refractivity contribution is 6.32. The van der Waals surface area contributed by atoms with Crippen LogP contribution < -0.4 is 9.64 Å². The molecule has 0 atom stereocenters. The average Bonchev–Trinajstić information content (AvgIpc) is 2.89. The minimum absolute atomic E-state index is 0.0468. The van der Waals surface area contributed by atoms with Gasteiger partial charge in [0.05, 0.1) is 22.8 Å². The van der Waals surface area contributed by atoms with Gasteiger partial charge in [-0.15, -0.1) is 13.2 Å². The van der Waals surface area contributed by atoms with E-state index in [0.29, 0.717) is 16.1 Å². The number of hydrogen-bond donors (Lipinski definition) is 0. The highest BCUT2D eigenvalue weighted by Crippen LogP contribution is 2.36. The van der Waals surface area contributed by atoms with Crippen LogP contribution in [0, 0.1) is 0 Å². The lowest BCUT2D eigenvalue weighted by atomic mass is 10.0. The Kier molecular flexibility index (Phi) is 5.24. The van der Waals surface area contributed by atoms with E-state index in [9.17, 15) is 22.8 Å². The van der Waals surface area contributed by atoms with Gasteiger partial charge in [0.2, 0.25) is 0 Å². The fraction of sp³-hybridized carbons (Fsp3) is 0.227. The second-order valence-corrected chi connectivity index (χ2v) is 8.12. The van der Waals surface area contributed by atoms with Crippen molar-refractivity contribution >= 4 is 40.1 Å². The van der Waals surface area contributed by atoms with Crippen LogP contribution in [0.5, 0.6) is 5.75 Å². The number of alkyl halides is 3. The maximum atomic E-state index is 13.3. The molecule has 10 heteroatoms. The molecule has 3 aromatic rings. The van der Waals surface area contributed by atoms with Crippen molar-refractivity contribution in [1.29, 1.82) is 0 Å². The zero-order valence-electron chi connectivity index (χ0n) is 17.0. The summed E-state index contributed by atoms with van der Waals surface area (Å²) in [7, 11) is 0. The summed E-state index contributed by atoms with van der Waals surface area (Å²) in [5, 5.41) is 1.11. The van der Waals surface area contributed by atoms with Crippen LogP contribution in [0.1, 0.15) is 19.4 Å². The number of para-hydroxylation sites is 1. The van der Waals surface area contributed by atoms with Gasteiger partial charge in [0.15, 0.2) is 0 Å². The van der Waals surface area contributed by atoms with Gasteiger partial charge in [0.25, 0.3) is 5.91 Å². The van der Waals surface area contributed by atoms with E-state index in [4.69, 9.17) is 11.6 Å². The van der Waals surface area contributed by atoms with E-state index in [2.05, 4.69) is 9.72 Å². The summed E-state index contributed by atoms with van der Waals surface area (Å²) in [4.78, 5) is 33.0. The molecule has 6 nitrogen and oxygen atoms in total. The van der Waals surface area contributed by atoms with Crippen molar-refractivity contribution in [3.05, 3.63) is 65.3 Å². The van der Waals surface area contributed by atoms with Crippen molar-refractivity contribution in [3.8, 4) is 5.75 Å². The maximum Gasteiger partial charge on any atom is 0.573 e. The highest BCUT2D eigenvalue weighted by atomic mass is 35.5. The summed E-state index contributed by atoms with van der Waals surface area (Å²) in [5.41, 5.74) is 0.254. The quantitative estimate of drug-likeness (QED) is 0.477. The number of benzene rings is 2. The van der Waals surface area contributed by atoms with E-state index >= 15 is 0 Å². The van der Waals surface area contributed by atoms with Crippen LogP contribution in [0.15, 0.2) is 54.7 Å². The molecule has 0 saturated carbocycles. The van der Waals surface area contributed by atoms with Gasteiger partial charge in [0.1, 0.15) is 11.3 Å². The topological polar surface area (TPSA) is 62.7 Å². The second-order valence-electron chi connectivity index (χ2n) is 7.71. The monoisotopic (exact) mass is 463 g/mol. The first-order chi connectivity index (χ1) is 15.0. The van der Waals surface area contributed by atoms with Crippen molar-refractivity contribution in [3.63, 3.8) is 0 Å². The summed E-state index contributed by atoms with van der Waals surface area (Å²) in [6.07, 6.45) is -3.35. The molecule has 0 bridgehead atoms. The lowest BCUT2D eigenvalue weighted by Gasteiger charge is -2.28. The highest BCUT2D eigenvalue weighted by Gasteiger charge is 2.52. The Morgan fingerprint density at radius 1 is 1.06 bits per heavy atom. The van der Waals surface area contributed by atoms with Crippen molar-refractivity contribution < 1.29 is 27.5 Å². The molecule has 1 aromatic heterocycles. The van der Waals surface area contributed by atoms with Gasteiger partial charge < -0.3 is 9.64 Å². The predicted molar refractivity (Wildman–Crippen MR) is 112 cm³/mol. The molecule has 0 radical (unpaired) electrons. The van der Waals surface area contributed by atoms with Gasteiger partial charge in [-0.25, -0.2) is 9.69 Å². The largest absolute Gasteiger partial charge is 0.573 e. The first-order valence-electron chi connectivity index (χ1n) is 9.53. The van der Waals surface area contributed by atoms with Crippen LogP contribution in [0.25, 0.3) is 10.9 Å². The van der Waals surface area contributed by atoms with Gasteiger partial charge in [-0.05, 0) is 44.2 Å². The smallest absolute Gasteiger partial charge is 0.406 e. The minimum Gasteiger partial charge on any atom is -0.406 e. The Morgan fingerprint density at radius 3 is 2.38 bits per heavy atom. The molecule has 4 rings (SSSR count). The number of imide groups is 1. The van der Waals surface area contributed by atoms with Crippen LogP contribution in [0.4, 0.5) is 23.7 Å². The SMILES string of the molecule is CC1(C)C(=O)N(c2ccc(OC(F)(F)F)cc2)C(=O)N1Cc1c(Cl)cnc2ccccc12. The van der Waals surface area contributed by atoms with E-state index in [0.717, 1.165) is 22.4 Å². The Hall–Kier alpha value is -3.33. The number of halogens is 4. The number of anilines is 1. The van der Waals surface area contributed by atoms with E-state index in [1.807, 2.05) is 24.3 Å². The Balaban J connectivity index is 1.67. The van der Waals surface area contributed by atoms with Crippen molar-refractivity contribution in [2.24, 2.45) is 0 Å². The van der Waals surface area contributed by atoms with Crippen molar-refractivity contribution in [2.45, 2.75) is 32.3 Å². The molecule has 1 aliphatic rings. The standard InChI is InChI=1S/C22H17ClF3N3O3/c1-21(2)19(30)29(13-7-9-14(10-8-13)32-22(24,25)26)20(31)28(21)12-16-15-5-3-4-6-18(15)27-11-17(16)23/h3-11H,12H2,1-2H3. The molecule has 32 heavy (non-hydrogen) atoms. The zero-order valence-corrected chi connectivity index (χ0v) is 17.7. The lowest BCUT2D eigenvalue weighted by molar-refractivity contribution is -0.274. The fourth-order valence-electron chi connectivity index (χ4n) is 3.62. The van der Waals surface area contributed by atoms with Crippen molar-refractivity contribution in [2.75, 3.05) is 4.90 Å². The number of carbonyl (C=O) groups is 2. The van der Waals surface area contributed by atoms with E-state index in [1.165, 1.54) is 23.2 Å². The first kappa shape index (κ1) is 21.9. The van der Waals surface area contributed by atoms with Gasteiger partial charge in [0, 0.05) is 17.1 Å². The molecule has 0 spiro atoms. The van der Waals surface area contributed by atoms with Crippen LogP contribution in [-0.2, 0) is 11.3 Å². The summed E-state index contributed by atoms with van der Waals surface area (Å²) < 4.78 is 41.1. The van der Waals surface area contributed by atoms with E-state index in [1.54, 1.807) is 13.8 Å². The number of urea groups is 1. The fourth-order valence-corrected chi connectivity index (χ4v) is 3.83. The number of ether oxygens (including phenoxy) is 1. The number of pyridine rings is 1. The normalized spacial score (nSPS) is 16.2. The molecule has 1 saturated heterocycles. The van der Waals surface area contributed by atoms with Crippen LogP contribution in [0.2, 0.25) is 5.02 Å². The molecule has 1 fully saturated rings.